The molecule has 0 heterocycles. The van der Waals surface area contributed by atoms with Gasteiger partial charge in [-0.15, -0.1) is 0 Å². The Morgan fingerprint density at radius 3 is 2.64 bits per heavy atom. The van der Waals surface area contributed by atoms with Crippen LogP contribution < -0.4 is 5.73 Å². The largest absolute Gasteiger partial charge is 0.323 e. The summed E-state index contributed by atoms with van der Waals surface area (Å²) in [6.07, 6.45) is 0.130. The Balaban J connectivity index is 2.99. The number of hydrogen-bond acceptors (Lipinski definition) is 3. The van der Waals surface area contributed by atoms with Crippen LogP contribution in [0.4, 0.5) is 4.39 Å². The number of benzene rings is 1. The number of hydrogen-bond donors (Lipinski definition) is 1. The minimum atomic E-state index is -0.599. The van der Waals surface area contributed by atoms with Gasteiger partial charge < -0.3 is 5.73 Å². The summed E-state index contributed by atoms with van der Waals surface area (Å²) in [5.41, 5.74) is 6.11. The second-order valence-corrected chi connectivity index (χ2v) is 2.82. The van der Waals surface area contributed by atoms with E-state index < -0.39 is 11.9 Å². The van der Waals surface area contributed by atoms with Crippen LogP contribution in [0.15, 0.2) is 18.2 Å². The molecule has 0 bridgehead atoms. The smallest absolute Gasteiger partial charge is 0.141 e. The van der Waals surface area contributed by atoms with Gasteiger partial charge in [-0.1, -0.05) is 6.07 Å². The Hall–Kier alpha value is -1.91. The summed E-state index contributed by atoms with van der Waals surface area (Å²) in [6.45, 7) is 0. The fourth-order valence-corrected chi connectivity index (χ4v) is 1.07. The Morgan fingerprint density at radius 1 is 1.43 bits per heavy atom. The van der Waals surface area contributed by atoms with Gasteiger partial charge in [0.1, 0.15) is 11.9 Å². The molecule has 0 aliphatic rings. The van der Waals surface area contributed by atoms with Crippen molar-refractivity contribution in [2.24, 2.45) is 5.73 Å². The third-order valence-corrected chi connectivity index (χ3v) is 1.85. The molecular weight excluding hydrogens is 181 g/mol. The zero-order valence-corrected chi connectivity index (χ0v) is 7.37. The highest BCUT2D eigenvalue weighted by Gasteiger charge is 2.08. The lowest BCUT2D eigenvalue weighted by Gasteiger charge is -2.07. The van der Waals surface area contributed by atoms with Crippen LogP contribution in [0.25, 0.3) is 0 Å². The Bertz CT molecular complexity index is 414. The first-order valence-corrected chi connectivity index (χ1v) is 4.01. The van der Waals surface area contributed by atoms with Gasteiger partial charge in [0, 0.05) is 6.04 Å². The van der Waals surface area contributed by atoms with Crippen LogP contribution in [-0.4, -0.2) is 0 Å². The molecule has 2 N–H and O–H groups in total. The maximum atomic E-state index is 13.1. The van der Waals surface area contributed by atoms with Crippen LogP contribution in [0.1, 0.15) is 23.6 Å². The summed E-state index contributed by atoms with van der Waals surface area (Å²) in [6, 6.07) is 7.23. The molecule has 0 aliphatic heterocycles. The molecule has 4 heteroatoms. The van der Waals surface area contributed by atoms with Gasteiger partial charge in [-0.05, 0) is 17.7 Å². The molecule has 0 amide bonds. The molecule has 0 fully saturated rings. The Morgan fingerprint density at radius 2 is 2.14 bits per heavy atom. The number of rotatable bonds is 2. The second kappa shape index (κ2) is 4.36. The summed E-state index contributed by atoms with van der Waals surface area (Å²) >= 11 is 0. The first-order valence-electron chi connectivity index (χ1n) is 4.01. The van der Waals surface area contributed by atoms with Crippen LogP contribution >= 0.6 is 0 Å². The van der Waals surface area contributed by atoms with Gasteiger partial charge in [0.05, 0.1) is 18.1 Å². The first-order chi connectivity index (χ1) is 6.69. The Labute approximate surface area is 81.2 Å². The number of nitrogens with two attached hydrogens (primary N) is 1. The van der Waals surface area contributed by atoms with E-state index in [-0.39, 0.29) is 12.0 Å². The van der Waals surface area contributed by atoms with Crippen molar-refractivity contribution >= 4 is 0 Å². The van der Waals surface area contributed by atoms with Crippen molar-refractivity contribution < 1.29 is 4.39 Å². The van der Waals surface area contributed by atoms with Crippen molar-refractivity contribution in [3.8, 4) is 12.1 Å². The second-order valence-electron chi connectivity index (χ2n) is 2.82. The van der Waals surface area contributed by atoms with E-state index in [9.17, 15) is 4.39 Å². The maximum Gasteiger partial charge on any atom is 0.141 e. The molecule has 0 spiro atoms. The molecule has 1 aromatic carbocycles. The summed E-state index contributed by atoms with van der Waals surface area (Å²) < 4.78 is 13.1. The molecule has 14 heavy (non-hydrogen) atoms. The fraction of sp³-hybridized carbons (Fsp3) is 0.200. The number of nitrogens with zero attached hydrogens (tertiary/aromatic N) is 2. The standard InChI is InChI=1S/C10H8FN3/c11-9-5-7(10(14)3-4-12)1-2-8(9)6-13/h1-2,5,10H,3,14H2/t10-/m1/s1. The average molecular weight is 189 g/mol. The zero-order valence-electron chi connectivity index (χ0n) is 7.37. The normalized spacial score (nSPS) is 11.4. The van der Waals surface area contributed by atoms with Gasteiger partial charge in [-0.3, -0.25) is 0 Å². The van der Waals surface area contributed by atoms with E-state index in [4.69, 9.17) is 16.3 Å². The third-order valence-electron chi connectivity index (χ3n) is 1.85. The van der Waals surface area contributed by atoms with Crippen molar-refractivity contribution in [2.75, 3.05) is 0 Å². The molecule has 70 valence electrons. The molecule has 1 aromatic rings. The third kappa shape index (κ3) is 2.07. The lowest BCUT2D eigenvalue weighted by molar-refractivity contribution is 0.616. The topological polar surface area (TPSA) is 73.6 Å². The fourth-order valence-electron chi connectivity index (χ4n) is 1.07. The minimum absolute atomic E-state index is 0.0158. The first kappa shape index (κ1) is 10.2. The predicted molar refractivity (Wildman–Crippen MR) is 48.3 cm³/mol. The molecule has 1 atom stereocenters. The number of halogens is 1. The molecule has 0 aromatic heterocycles. The van der Waals surface area contributed by atoms with Crippen molar-refractivity contribution in [1.29, 1.82) is 10.5 Å². The van der Waals surface area contributed by atoms with Crippen LogP contribution in [0.2, 0.25) is 0 Å². The lowest BCUT2D eigenvalue weighted by atomic mass is 10.0. The molecule has 0 saturated heterocycles. The molecule has 1 rings (SSSR count). The SMILES string of the molecule is N#CC[C@@H](N)c1ccc(C#N)c(F)c1. The van der Waals surface area contributed by atoms with Gasteiger partial charge in [0.2, 0.25) is 0 Å². The van der Waals surface area contributed by atoms with Crippen molar-refractivity contribution in [2.45, 2.75) is 12.5 Å². The summed E-state index contributed by atoms with van der Waals surface area (Å²) in [7, 11) is 0. The average Bonchev–Trinajstić information content (AvgIpc) is 2.18. The molecule has 3 nitrogen and oxygen atoms in total. The van der Waals surface area contributed by atoms with E-state index in [0.29, 0.717) is 5.56 Å². The van der Waals surface area contributed by atoms with Gasteiger partial charge in [0.25, 0.3) is 0 Å². The van der Waals surface area contributed by atoms with E-state index >= 15 is 0 Å². The van der Waals surface area contributed by atoms with Crippen LogP contribution in [-0.2, 0) is 0 Å². The molecular formula is C10H8FN3. The van der Waals surface area contributed by atoms with Crippen LogP contribution in [0.3, 0.4) is 0 Å². The van der Waals surface area contributed by atoms with Gasteiger partial charge in [-0.25, -0.2) is 4.39 Å². The van der Waals surface area contributed by atoms with E-state index in [2.05, 4.69) is 0 Å². The van der Waals surface area contributed by atoms with Crippen molar-refractivity contribution in [1.82, 2.24) is 0 Å². The number of nitriles is 2. The summed E-state index contributed by atoms with van der Waals surface area (Å²) in [4.78, 5) is 0. The molecule has 0 aliphatic carbocycles. The van der Waals surface area contributed by atoms with Gasteiger partial charge >= 0.3 is 0 Å². The highest BCUT2D eigenvalue weighted by atomic mass is 19.1. The Kier molecular flexibility index (Phi) is 3.17. The summed E-state index contributed by atoms with van der Waals surface area (Å²) in [5, 5.41) is 16.9. The zero-order chi connectivity index (χ0) is 10.6. The summed E-state index contributed by atoms with van der Waals surface area (Å²) in [5.74, 6) is -0.599. The van der Waals surface area contributed by atoms with Gasteiger partial charge in [-0.2, -0.15) is 10.5 Å². The van der Waals surface area contributed by atoms with E-state index in [0.717, 1.165) is 0 Å². The van der Waals surface area contributed by atoms with E-state index in [1.165, 1.54) is 12.1 Å². The highest BCUT2D eigenvalue weighted by Crippen LogP contribution is 2.16. The molecule has 0 saturated carbocycles. The molecule has 0 radical (unpaired) electrons. The van der Waals surface area contributed by atoms with Crippen LogP contribution in [0, 0.1) is 28.5 Å². The lowest BCUT2D eigenvalue weighted by Crippen LogP contribution is -2.09. The maximum absolute atomic E-state index is 13.1. The van der Waals surface area contributed by atoms with Crippen molar-refractivity contribution in [3.05, 3.63) is 35.1 Å². The van der Waals surface area contributed by atoms with E-state index in [1.54, 1.807) is 12.1 Å². The van der Waals surface area contributed by atoms with Crippen LogP contribution in [0.5, 0.6) is 0 Å². The minimum Gasteiger partial charge on any atom is -0.323 e. The molecule has 0 unspecified atom stereocenters. The highest BCUT2D eigenvalue weighted by molar-refractivity contribution is 5.34. The van der Waals surface area contributed by atoms with E-state index in [1.807, 2.05) is 6.07 Å². The predicted octanol–water partition coefficient (Wildman–Crippen LogP) is 1.61. The van der Waals surface area contributed by atoms with Gasteiger partial charge in [0.15, 0.2) is 0 Å². The van der Waals surface area contributed by atoms with Crippen molar-refractivity contribution in [3.63, 3.8) is 0 Å². The quantitative estimate of drug-likeness (QED) is 0.768. The monoisotopic (exact) mass is 189 g/mol.